The van der Waals surface area contributed by atoms with Crippen molar-refractivity contribution >= 4 is 7.82 Å². The van der Waals surface area contributed by atoms with Gasteiger partial charge in [0.2, 0.25) is 0 Å². The molecule has 0 aliphatic heterocycles. The lowest BCUT2D eigenvalue weighted by atomic mass is 10.1. The first-order valence-electron chi connectivity index (χ1n) is 6.63. The zero-order valence-corrected chi connectivity index (χ0v) is 13.1. The summed E-state index contributed by atoms with van der Waals surface area (Å²) in [7, 11) is -0.302. The van der Waals surface area contributed by atoms with E-state index in [4.69, 9.17) is 19.2 Å². The summed E-state index contributed by atoms with van der Waals surface area (Å²) in [5, 5.41) is 0. The lowest BCUT2D eigenvalue weighted by Crippen LogP contribution is -2.24. The first-order valence-corrected chi connectivity index (χ1v) is 8.19. The average Bonchev–Trinajstić information content (AvgIpc) is 2.20. The van der Waals surface area contributed by atoms with Gasteiger partial charge in [0.05, 0.1) is 0 Å². The van der Waals surface area contributed by atoms with Crippen LogP contribution in [0.4, 0.5) is 0 Å². The Balaban J connectivity index is 0. The van der Waals surface area contributed by atoms with Crippen LogP contribution in [-0.2, 0) is 4.57 Å². The Morgan fingerprint density at radius 2 is 1.39 bits per heavy atom. The first kappa shape index (κ1) is 20.4. The zero-order chi connectivity index (χ0) is 14.6. The Morgan fingerprint density at radius 1 is 1.00 bits per heavy atom. The van der Waals surface area contributed by atoms with Gasteiger partial charge in [0.15, 0.2) is 0 Å². The third kappa shape index (κ3) is 25.1. The second-order valence-electron chi connectivity index (χ2n) is 4.88. The van der Waals surface area contributed by atoms with Crippen LogP contribution < -0.4 is 0 Å². The SMILES string of the molecule is CCCCCCCCC(C)N(C)C.O=P(O)(O)O. The van der Waals surface area contributed by atoms with Crippen LogP contribution in [0.5, 0.6) is 0 Å². The maximum atomic E-state index is 8.88. The standard InChI is InChI=1S/C12H27N.H3O4P/c1-5-6-7-8-9-10-11-12(2)13(3)4;1-5(2,3)4/h12H,5-11H2,1-4H3;(H3,1,2,3,4). The number of nitrogens with zero attached hydrogens (tertiary/aromatic N) is 1. The van der Waals surface area contributed by atoms with Gasteiger partial charge in [-0.25, -0.2) is 4.57 Å². The van der Waals surface area contributed by atoms with Crippen molar-refractivity contribution in [3.63, 3.8) is 0 Å². The normalized spacial score (nSPS) is 13.1. The smallest absolute Gasteiger partial charge is 0.307 e. The van der Waals surface area contributed by atoms with E-state index in [1.165, 1.54) is 44.9 Å². The topological polar surface area (TPSA) is 81.0 Å². The minimum atomic E-state index is -4.64. The minimum Gasteiger partial charge on any atom is -0.307 e. The van der Waals surface area contributed by atoms with E-state index < -0.39 is 7.82 Å². The molecule has 1 atom stereocenters. The van der Waals surface area contributed by atoms with Gasteiger partial charge in [-0.15, -0.1) is 0 Å². The van der Waals surface area contributed by atoms with Crippen molar-refractivity contribution in [1.82, 2.24) is 4.90 Å². The van der Waals surface area contributed by atoms with Gasteiger partial charge in [0.25, 0.3) is 0 Å². The monoisotopic (exact) mass is 283 g/mol. The van der Waals surface area contributed by atoms with Crippen molar-refractivity contribution in [2.24, 2.45) is 0 Å². The summed E-state index contributed by atoms with van der Waals surface area (Å²) in [6.45, 7) is 4.58. The fourth-order valence-corrected chi connectivity index (χ4v) is 1.48. The number of hydrogen-bond donors (Lipinski definition) is 3. The van der Waals surface area contributed by atoms with E-state index in [1.807, 2.05) is 0 Å². The number of phosphoric acid groups is 1. The van der Waals surface area contributed by atoms with E-state index in [9.17, 15) is 0 Å². The molecule has 0 aromatic heterocycles. The highest BCUT2D eigenvalue weighted by atomic mass is 31.2. The van der Waals surface area contributed by atoms with Gasteiger partial charge in [-0.3, -0.25) is 0 Å². The van der Waals surface area contributed by atoms with Crippen molar-refractivity contribution < 1.29 is 19.2 Å². The summed E-state index contributed by atoms with van der Waals surface area (Å²) in [6.07, 6.45) is 9.85. The molecule has 0 rings (SSSR count). The Bertz CT molecular complexity index is 210. The van der Waals surface area contributed by atoms with Gasteiger partial charge in [-0.05, 0) is 27.4 Å². The van der Waals surface area contributed by atoms with E-state index in [1.54, 1.807) is 0 Å². The predicted molar refractivity (Wildman–Crippen MR) is 75.4 cm³/mol. The van der Waals surface area contributed by atoms with E-state index in [-0.39, 0.29) is 0 Å². The second kappa shape index (κ2) is 12.1. The zero-order valence-electron chi connectivity index (χ0n) is 12.2. The van der Waals surface area contributed by atoms with Crippen LogP contribution in [-0.4, -0.2) is 39.7 Å². The molecule has 0 saturated heterocycles. The summed E-state index contributed by atoms with van der Waals surface area (Å²) < 4.78 is 8.88. The third-order valence-corrected chi connectivity index (χ3v) is 2.86. The molecule has 0 fully saturated rings. The van der Waals surface area contributed by atoms with Gasteiger partial charge >= 0.3 is 7.82 Å². The fourth-order valence-electron chi connectivity index (χ4n) is 1.48. The molecular weight excluding hydrogens is 253 g/mol. The fraction of sp³-hybridized carbons (Fsp3) is 1.00. The molecule has 112 valence electrons. The van der Waals surface area contributed by atoms with Crippen LogP contribution in [0.15, 0.2) is 0 Å². The maximum Gasteiger partial charge on any atom is 0.466 e. The molecule has 3 N–H and O–H groups in total. The highest BCUT2D eigenvalue weighted by molar-refractivity contribution is 7.45. The molecule has 18 heavy (non-hydrogen) atoms. The van der Waals surface area contributed by atoms with Crippen molar-refractivity contribution in [1.29, 1.82) is 0 Å². The second-order valence-corrected chi connectivity index (χ2v) is 5.91. The molecule has 5 nitrogen and oxygen atoms in total. The molecule has 0 spiro atoms. The van der Waals surface area contributed by atoms with E-state index in [0.29, 0.717) is 0 Å². The lowest BCUT2D eigenvalue weighted by molar-refractivity contribution is 0.275. The van der Waals surface area contributed by atoms with E-state index in [2.05, 4.69) is 32.8 Å². The number of rotatable bonds is 8. The number of unbranched alkanes of at least 4 members (excludes halogenated alkanes) is 5. The Hall–Kier alpha value is 0.0700. The molecular formula is C12H30NO4P. The molecule has 0 saturated carbocycles. The van der Waals surface area contributed by atoms with Crippen LogP contribution in [0, 0.1) is 0 Å². The van der Waals surface area contributed by atoms with Gasteiger partial charge in [0.1, 0.15) is 0 Å². The molecule has 0 bridgehead atoms. The van der Waals surface area contributed by atoms with Crippen LogP contribution >= 0.6 is 7.82 Å². The molecule has 0 radical (unpaired) electrons. The highest BCUT2D eigenvalue weighted by Gasteiger charge is 2.02. The van der Waals surface area contributed by atoms with Crippen molar-refractivity contribution in [2.75, 3.05) is 14.1 Å². The first-order chi connectivity index (χ1) is 8.18. The largest absolute Gasteiger partial charge is 0.466 e. The predicted octanol–water partition coefficient (Wildman–Crippen LogP) is 2.76. The third-order valence-electron chi connectivity index (χ3n) is 2.86. The lowest BCUT2D eigenvalue weighted by Gasteiger charge is -2.19. The summed E-state index contributed by atoms with van der Waals surface area (Å²) in [5.74, 6) is 0. The van der Waals surface area contributed by atoms with Crippen LogP contribution in [0.3, 0.4) is 0 Å². The quantitative estimate of drug-likeness (QED) is 0.471. The van der Waals surface area contributed by atoms with Crippen molar-refractivity contribution in [3.8, 4) is 0 Å². The van der Waals surface area contributed by atoms with Gasteiger partial charge in [-0.1, -0.05) is 45.4 Å². The van der Waals surface area contributed by atoms with Crippen molar-refractivity contribution in [3.05, 3.63) is 0 Å². The van der Waals surface area contributed by atoms with Crippen LogP contribution in [0.1, 0.15) is 58.8 Å². The Kier molecular flexibility index (Phi) is 13.7. The molecule has 0 aliphatic carbocycles. The average molecular weight is 283 g/mol. The maximum absolute atomic E-state index is 8.88. The summed E-state index contributed by atoms with van der Waals surface area (Å²) in [4.78, 5) is 23.9. The Labute approximate surface area is 111 Å². The summed E-state index contributed by atoms with van der Waals surface area (Å²) in [6, 6.07) is 0.756. The van der Waals surface area contributed by atoms with Gasteiger partial charge in [0, 0.05) is 6.04 Å². The highest BCUT2D eigenvalue weighted by Crippen LogP contribution is 2.25. The minimum absolute atomic E-state index is 0.756. The molecule has 0 aliphatic rings. The van der Waals surface area contributed by atoms with E-state index in [0.717, 1.165) is 6.04 Å². The molecule has 1 unspecified atom stereocenters. The number of hydrogen-bond acceptors (Lipinski definition) is 2. The Morgan fingerprint density at radius 3 is 1.78 bits per heavy atom. The summed E-state index contributed by atoms with van der Waals surface area (Å²) in [5.41, 5.74) is 0. The molecule has 0 heterocycles. The molecule has 0 aromatic carbocycles. The molecule has 0 amide bonds. The van der Waals surface area contributed by atoms with Crippen LogP contribution in [0.2, 0.25) is 0 Å². The van der Waals surface area contributed by atoms with Gasteiger partial charge < -0.3 is 19.6 Å². The van der Waals surface area contributed by atoms with Crippen molar-refractivity contribution in [2.45, 2.75) is 64.8 Å². The van der Waals surface area contributed by atoms with Gasteiger partial charge in [-0.2, -0.15) is 0 Å². The van der Waals surface area contributed by atoms with Crippen LogP contribution in [0.25, 0.3) is 0 Å². The molecule has 0 aromatic rings. The molecule has 6 heteroatoms. The summed E-state index contributed by atoms with van der Waals surface area (Å²) >= 11 is 0. The van der Waals surface area contributed by atoms with E-state index >= 15 is 0 Å².